The van der Waals surface area contributed by atoms with E-state index in [1.807, 2.05) is 0 Å². The molecule has 1 aliphatic rings. The lowest BCUT2D eigenvalue weighted by Gasteiger charge is -1.98. The molecule has 1 fully saturated rings. The minimum absolute atomic E-state index is 0.338. The summed E-state index contributed by atoms with van der Waals surface area (Å²) in [6, 6.07) is 0. The Morgan fingerprint density at radius 1 is 1.24 bits per heavy atom. The van der Waals surface area contributed by atoms with Crippen molar-refractivity contribution in [2.24, 2.45) is 5.73 Å². The van der Waals surface area contributed by atoms with Crippen LogP contribution >= 0.6 is 0 Å². The summed E-state index contributed by atoms with van der Waals surface area (Å²) in [4.78, 5) is 4.43. The van der Waals surface area contributed by atoms with Gasteiger partial charge in [0.1, 0.15) is 0 Å². The highest BCUT2D eigenvalue weighted by Crippen LogP contribution is 2.22. The van der Waals surface area contributed by atoms with E-state index >= 15 is 0 Å². The van der Waals surface area contributed by atoms with Crippen LogP contribution < -0.4 is 5.73 Å². The fourth-order valence-electron chi connectivity index (χ4n) is 2.05. The van der Waals surface area contributed by atoms with E-state index in [9.17, 15) is 0 Å². The molecule has 1 saturated heterocycles. The number of nitrogens with zero attached hydrogens (tertiary/aromatic N) is 2. The summed E-state index contributed by atoms with van der Waals surface area (Å²) in [5.41, 5.74) is 5.44. The maximum atomic E-state index is 5.44. The van der Waals surface area contributed by atoms with Gasteiger partial charge in [-0.1, -0.05) is 18.0 Å². The van der Waals surface area contributed by atoms with Crippen LogP contribution in [0.4, 0.5) is 0 Å². The molecule has 96 valence electrons. The molecule has 1 atom stereocenters. The topological polar surface area (TPSA) is 74.2 Å². The van der Waals surface area contributed by atoms with Gasteiger partial charge < -0.3 is 15.0 Å². The van der Waals surface area contributed by atoms with Gasteiger partial charge in [-0.25, -0.2) is 0 Å². The van der Waals surface area contributed by atoms with Crippen LogP contribution in [0.25, 0.3) is 0 Å². The molecule has 2 N–H and O–H groups in total. The Hall–Kier alpha value is -0.940. The molecule has 17 heavy (non-hydrogen) atoms. The van der Waals surface area contributed by atoms with Gasteiger partial charge in [-0.2, -0.15) is 4.98 Å². The zero-order valence-corrected chi connectivity index (χ0v) is 10.2. The van der Waals surface area contributed by atoms with E-state index in [-0.39, 0.29) is 0 Å². The van der Waals surface area contributed by atoms with Gasteiger partial charge in [-0.15, -0.1) is 0 Å². The molecule has 0 aromatic carbocycles. The lowest BCUT2D eigenvalue weighted by atomic mass is 10.1. The third-order valence-electron chi connectivity index (χ3n) is 3.12. The largest absolute Gasteiger partial charge is 0.381 e. The van der Waals surface area contributed by atoms with Crippen molar-refractivity contribution in [2.45, 2.75) is 44.4 Å². The smallest absolute Gasteiger partial charge is 0.226 e. The van der Waals surface area contributed by atoms with Crippen LogP contribution in [0, 0.1) is 0 Å². The molecule has 0 aliphatic carbocycles. The molecule has 2 rings (SSSR count). The summed E-state index contributed by atoms with van der Waals surface area (Å²) in [5, 5.41) is 4.03. The van der Waals surface area contributed by atoms with Crippen LogP contribution in [0.2, 0.25) is 0 Å². The molecule has 5 heteroatoms. The minimum Gasteiger partial charge on any atom is -0.381 e. The second-order valence-electron chi connectivity index (χ2n) is 4.56. The second kappa shape index (κ2) is 6.71. The molecule has 0 spiro atoms. The molecule has 0 bridgehead atoms. The third-order valence-corrected chi connectivity index (χ3v) is 3.12. The Balaban J connectivity index is 1.70. The maximum Gasteiger partial charge on any atom is 0.226 e. The van der Waals surface area contributed by atoms with Crippen molar-refractivity contribution in [1.82, 2.24) is 10.1 Å². The minimum atomic E-state index is 0.338. The molecule has 1 aliphatic heterocycles. The zero-order valence-electron chi connectivity index (χ0n) is 10.2. The molecule has 1 unspecified atom stereocenters. The van der Waals surface area contributed by atoms with E-state index in [1.165, 1.54) is 12.8 Å². The van der Waals surface area contributed by atoms with E-state index < -0.39 is 0 Å². The molecular formula is C12H21N3O2. The van der Waals surface area contributed by atoms with Crippen LogP contribution in [0.1, 0.15) is 49.7 Å². The molecular weight excluding hydrogens is 218 g/mol. The second-order valence-corrected chi connectivity index (χ2v) is 4.56. The van der Waals surface area contributed by atoms with E-state index in [1.54, 1.807) is 0 Å². The first-order valence-corrected chi connectivity index (χ1v) is 6.50. The van der Waals surface area contributed by atoms with Crippen LogP contribution in [-0.2, 0) is 11.2 Å². The average molecular weight is 239 g/mol. The first-order chi connectivity index (χ1) is 8.40. The van der Waals surface area contributed by atoms with Crippen LogP contribution in [0.3, 0.4) is 0 Å². The summed E-state index contributed by atoms with van der Waals surface area (Å²) >= 11 is 0. The van der Waals surface area contributed by atoms with E-state index in [2.05, 4.69) is 10.1 Å². The van der Waals surface area contributed by atoms with E-state index in [4.69, 9.17) is 15.0 Å². The summed E-state index contributed by atoms with van der Waals surface area (Å²) in [6.45, 7) is 2.33. The number of aryl methyl sites for hydroxylation is 1. The van der Waals surface area contributed by atoms with Gasteiger partial charge in [0.15, 0.2) is 5.82 Å². The van der Waals surface area contributed by atoms with Crippen LogP contribution in [-0.4, -0.2) is 29.9 Å². The Morgan fingerprint density at radius 2 is 2.12 bits per heavy atom. The van der Waals surface area contributed by atoms with Crippen molar-refractivity contribution in [2.75, 3.05) is 19.8 Å². The molecule has 5 nitrogen and oxygen atoms in total. The SMILES string of the molecule is NCCCCCCc1nc(C2CCOC2)no1. The van der Waals surface area contributed by atoms with Gasteiger partial charge in [0.2, 0.25) is 5.89 Å². The summed E-state index contributed by atoms with van der Waals surface area (Å²) in [6.07, 6.45) is 6.47. The molecule has 0 radical (unpaired) electrons. The maximum absolute atomic E-state index is 5.44. The Labute approximate surface area is 102 Å². The Kier molecular flexibility index (Phi) is 4.94. The highest BCUT2D eigenvalue weighted by Gasteiger charge is 2.22. The third kappa shape index (κ3) is 3.78. The van der Waals surface area contributed by atoms with Crippen molar-refractivity contribution in [3.8, 4) is 0 Å². The quantitative estimate of drug-likeness (QED) is 0.732. The Morgan fingerprint density at radius 3 is 2.88 bits per heavy atom. The van der Waals surface area contributed by atoms with Gasteiger partial charge in [0.25, 0.3) is 0 Å². The van der Waals surface area contributed by atoms with Crippen molar-refractivity contribution in [3.05, 3.63) is 11.7 Å². The molecule has 1 aromatic rings. The van der Waals surface area contributed by atoms with Crippen LogP contribution in [0.15, 0.2) is 4.52 Å². The summed E-state index contributed by atoms with van der Waals surface area (Å²) < 4.78 is 10.6. The normalized spacial score (nSPS) is 19.9. The molecule has 0 saturated carbocycles. The van der Waals surface area contributed by atoms with Crippen molar-refractivity contribution < 1.29 is 9.26 Å². The van der Waals surface area contributed by atoms with Gasteiger partial charge in [0, 0.05) is 18.9 Å². The number of rotatable bonds is 7. The first kappa shape index (κ1) is 12.5. The lowest BCUT2D eigenvalue weighted by Crippen LogP contribution is -2.00. The molecule has 2 heterocycles. The predicted octanol–water partition coefficient (Wildman–Crippen LogP) is 1.64. The fraction of sp³-hybridized carbons (Fsp3) is 0.833. The van der Waals surface area contributed by atoms with Crippen molar-refractivity contribution in [3.63, 3.8) is 0 Å². The first-order valence-electron chi connectivity index (χ1n) is 6.50. The standard InChI is InChI=1S/C12H21N3O2/c13-7-4-2-1-3-5-11-14-12(15-17-11)10-6-8-16-9-10/h10H,1-9,13H2. The van der Waals surface area contributed by atoms with Gasteiger partial charge >= 0.3 is 0 Å². The highest BCUT2D eigenvalue weighted by atomic mass is 16.5. The lowest BCUT2D eigenvalue weighted by molar-refractivity contribution is 0.192. The Bertz CT molecular complexity index is 321. The van der Waals surface area contributed by atoms with E-state index in [0.717, 1.165) is 57.2 Å². The fourth-order valence-corrected chi connectivity index (χ4v) is 2.05. The number of hydrogen-bond donors (Lipinski definition) is 1. The number of unbranched alkanes of at least 4 members (excludes halogenated alkanes) is 3. The number of aromatic nitrogens is 2. The summed E-state index contributed by atoms with van der Waals surface area (Å²) in [5.74, 6) is 1.92. The predicted molar refractivity (Wildman–Crippen MR) is 63.7 cm³/mol. The molecule has 0 amide bonds. The van der Waals surface area contributed by atoms with Crippen LogP contribution in [0.5, 0.6) is 0 Å². The number of hydrogen-bond acceptors (Lipinski definition) is 5. The van der Waals surface area contributed by atoms with Gasteiger partial charge in [0.05, 0.1) is 6.61 Å². The average Bonchev–Trinajstić information content (AvgIpc) is 2.99. The summed E-state index contributed by atoms with van der Waals surface area (Å²) in [7, 11) is 0. The van der Waals surface area contributed by atoms with Crippen molar-refractivity contribution >= 4 is 0 Å². The van der Waals surface area contributed by atoms with Crippen molar-refractivity contribution in [1.29, 1.82) is 0 Å². The highest BCUT2D eigenvalue weighted by molar-refractivity contribution is 4.97. The number of ether oxygens (including phenoxy) is 1. The number of nitrogens with two attached hydrogens (primary N) is 1. The van der Waals surface area contributed by atoms with Gasteiger partial charge in [-0.3, -0.25) is 0 Å². The zero-order chi connectivity index (χ0) is 11.9. The molecule has 1 aromatic heterocycles. The van der Waals surface area contributed by atoms with Gasteiger partial charge in [-0.05, 0) is 25.8 Å². The van der Waals surface area contributed by atoms with E-state index in [0.29, 0.717) is 5.92 Å². The monoisotopic (exact) mass is 239 g/mol.